The van der Waals surface area contributed by atoms with Crippen molar-refractivity contribution in [3.8, 4) is 22.6 Å². The lowest BCUT2D eigenvalue weighted by molar-refractivity contribution is 0.439. The van der Waals surface area contributed by atoms with Gasteiger partial charge in [0.25, 0.3) is 0 Å². The topological polar surface area (TPSA) is 101 Å². The minimum Gasteiger partial charge on any atom is -0.454 e. The maximum absolute atomic E-state index is 14.3. The molecule has 0 fully saturated rings. The molecule has 34 heavy (non-hydrogen) atoms. The molecule has 0 atom stereocenters. The zero-order chi connectivity index (χ0) is 24.6. The van der Waals surface area contributed by atoms with Gasteiger partial charge in [-0.25, -0.2) is 8.78 Å². The zero-order valence-electron chi connectivity index (χ0n) is 18.8. The normalized spacial score (nSPS) is 11.7. The Morgan fingerprint density at radius 1 is 1.03 bits per heavy atom. The molecule has 0 amide bonds. The highest BCUT2D eigenvalue weighted by Crippen LogP contribution is 2.38. The second-order valence-corrected chi connectivity index (χ2v) is 9.50. The van der Waals surface area contributed by atoms with Crippen LogP contribution in [0.25, 0.3) is 16.8 Å². The van der Waals surface area contributed by atoms with E-state index in [1.165, 1.54) is 32.3 Å². The smallest absolute Gasteiger partial charge is 0.301 e. The van der Waals surface area contributed by atoms with Crippen LogP contribution in [0, 0.1) is 18.6 Å². The molecule has 178 valence electrons. The van der Waals surface area contributed by atoms with Crippen LogP contribution < -0.4 is 14.8 Å². The van der Waals surface area contributed by atoms with Crippen LogP contribution in [0.3, 0.4) is 0 Å². The summed E-state index contributed by atoms with van der Waals surface area (Å²) in [5.74, 6) is -0.926. The number of halogens is 2. The molecule has 2 aromatic heterocycles. The standard InChI is InChI=1S/C22H22F2N6O3S/c1-13-26-27-22-19(25-2)9-14(12-30(13)22)17-11-16(28-34(31,32)29(3)4)6-8-20(17)33-21-7-5-15(23)10-18(21)24/h5-12,25,28H,1-4H3. The lowest BCUT2D eigenvalue weighted by Crippen LogP contribution is -2.28. The molecule has 2 heterocycles. The summed E-state index contributed by atoms with van der Waals surface area (Å²) >= 11 is 0. The van der Waals surface area contributed by atoms with E-state index in [1.54, 1.807) is 36.7 Å². The lowest BCUT2D eigenvalue weighted by atomic mass is 10.0. The number of hydrogen-bond donors (Lipinski definition) is 2. The predicted octanol–water partition coefficient (Wildman–Crippen LogP) is 4.04. The molecule has 12 heteroatoms. The average molecular weight is 489 g/mol. The van der Waals surface area contributed by atoms with Gasteiger partial charge in [0.15, 0.2) is 17.2 Å². The molecule has 0 radical (unpaired) electrons. The van der Waals surface area contributed by atoms with Crippen molar-refractivity contribution < 1.29 is 21.9 Å². The van der Waals surface area contributed by atoms with Gasteiger partial charge in [0.2, 0.25) is 0 Å². The van der Waals surface area contributed by atoms with Crippen molar-refractivity contribution in [2.24, 2.45) is 0 Å². The number of rotatable bonds is 7. The minimum atomic E-state index is -3.78. The second kappa shape index (κ2) is 8.88. The van der Waals surface area contributed by atoms with Crippen LogP contribution in [0.5, 0.6) is 11.5 Å². The van der Waals surface area contributed by atoms with Crippen LogP contribution in [0.4, 0.5) is 20.2 Å². The Morgan fingerprint density at radius 3 is 2.44 bits per heavy atom. The monoisotopic (exact) mass is 488 g/mol. The van der Waals surface area contributed by atoms with E-state index in [0.717, 1.165) is 16.4 Å². The van der Waals surface area contributed by atoms with Crippen molar-refractivity contribution in [3.63, 3.8) is 0 Å². The number of ether oxygens (including phenoxy) is 1. The molecule has 0 saturated carbocycles. The third kappa shape index (κ3) is 4.50. The Labute approximate surface area is 195 Å². The quantitative estimate of drug-likeness (QED) is 0.407. The predicted molar refractivity (Wildman–Crippen MR) is 125 cm³/mol. The molecule has 0 aliphatic heterocycles. The molecule has 4 aromatic rings. The van der Waals surface area contributed by atoms with Gasteiger partial charge in [0, 0.05) is 44.5 Å². The van der Waals surface area contributed by atoms with E-state index < -0.39 is 21.8 Å². The van der Waals surface area contributed by atoms with E-state index in [1.807, 2.05) is 0 Å². The summed E-state index contributed by atoms with van der Waals surface area (Å²) in [6.07, 6.45) is 1.76. The highest BCUT2D eigenvalue weighted by Gasteiger charge is 2.18. The minimum absolute atomic E-state index is 0.181. The SMILES string of the molecule is CNc1cc(-c2cc(NS(=O)(=O)N(C)C)ccc2Oc2ccc(F)cc2F)cn2c(C)nnc12. The molecule has 0 aliphatic carbocycles. The number of aryl methyl sites for hydroxylation is 1. The largest absolute Gasteiger partial charge is 0.454 e. The number of nitrogens with zero attached hydrogens (tertiary/aromatic N) is 4. The molecule has 0 aliphatic rings. The number of pyridine rings is 1. The van der Waals surface area contributed by atoms with Crippen LogP contribution >= 0.6 is 0 Å². The molecule has 2 aromatic carbocycles. The first-order chi connectivity index (χ1) is 16.1. The Balaban J connectivity index is 1.89. The van der Waals surface area contributed by atoms with E-state index >= 15 is 0 Å². The molecule has 2 N–H and O–H groups in total. The Hall–Kier alpha value is -3.77. The second-order valence-electron chi connectivity index (χ2n) is 7.61. The van der Waals surface area contributed by atoms with E-state index in [0.29, 0.717) is 28.3 Å². The average Bonchev–Trinajstić information content (AvgIpc) is 3.16. The number of anilines is 2. The van der Waals surface area contributed by atoms with Gasteiger partial charge in [-0.1, -0.05) is 0 Å². The number of benzene rings is 2. The first-order valence-electron chi connectivity index (χ1n) is 10.1. The summed E-state index contributed by atoms with van der Waals surface area (Å²) < 4.78 is 63.4. The molecular weight excluding hydrogens is 466 g/mol. The van der Waals surface area contributed by atoms with E-state index in [4.69, 9.17) is 4.74 Å². The summed E-state index contributed by atoms with van der Waals surface area (Å²) in [7, 11) is 0.762. The molecule has 0 unspecified atom stereocenters. The van der Waals surface area contributed by atoms with E-state index in [2.05, 4.69) is 20.2 Å². The molecule has 4 rings (SSSR count). The van der Waals surface area contributed by atoms with Crippen LogP contribution in [0.15, 0.2) is 48.7 Å². The zero-order valence-corrected chi connectivity index (χ0v) is 19.6. The Bertz CT molecular complexity index is 1490. The third-order valence-corrected chi connectivity index (χ3v) is 6.53. The van der Waals surface area contributed by atoms with Gasteiger partial charge in [0.05, 0.1) is 11.4 Å². The summed E-state index contributed by atoms with van der Waals surface area (Å²) in [6.45, 7) is 1.79. The molecule has 0 bridgehead atoms. The fourth-order valence-electron chi connectivity index (χ4n) is 3.26. The van der Waals surface area contributed by atoms with Crippen molar-refractivity contribution in [2.75, 3.05) is 31.2 Å². The number of aromatic nitrogens is 3. The molecular formula is C22H22F2N6O3S. The van der Waals surface area contributed by atoms with Crippen LogP contribution in [-0.2, 0) is 10.2 Å². The van der Waals surface area contributed by atoms with Gasteiger partial charge in [-0.2, -0.15) is 12.7 Å². The number of nitrogens with one attached hydrogen (secondary N) is 2. The van der Waals surface area contributed by atoms with Crippen molar-refractivity contribution >= 4 is 27.2 Å². The molecule has 0 saturated heterocycles. The van der Waals surface area contributed by atoms with Crippen molar-refractivity contribution in [1.29, 1.82) is 0 Å². The molecule has 9 nitrogen and oxygen atoms in total. The fourth-order valence-corrected chi connectivity index (χ4v) is 3.87. The third-order valence-electron chi connectivity index (χ3n) is 5.08. The van der Waals surface area contributed by atoms with Crippen molar-refractivity contribution in [3.05, 3.63) is 66.1 Å². The van der Waals surface area contributed by atoms with Crippen molar-refractivity contribution in [1.82, 2.24) is 18.9 Å². The van der Waals surface area contributed by atoms with Crippen LogP contribution in [0.2, 0.25) is 0 Å². The van der Waals surface area contributed by atoms with Gasteiger partial charge in [-0.15, -0.1) is 10.2 Å². The first kappa shape index (κ1) is 23.4. The molecule has 0 spiro atoms. The summed E-state index contributed by atoms with van der Waals surface area (Å²) in [5, 5.41) is 11.3. The van der Waals surface area contributed by atoms with Crippen LogP contribution in [-0.4, -0.2) is 48.5 Å². The van der Waals surface area contributed by atoms with E-state index in [9.17, 15) is 17.2 Å². The van der Waals surface area contributed by atoms with Crippen molar-refractivity contribution in [2.45, 2.75) is 6.92 Å². The van der Waals surface area contributed by atoms with Gasteiger partial charge < -0.3 is 10.1 Å². The Morgan fingerprint density at radius 2 is 1.76 bits per heavy atom. The summed E-state index contributed by atoms with van der Waals surface area (Å²) in [5.41, 5.74) is 2.59. The summed E-state index contributed by atoms with van der Waals surface area (Å²) in [6, 6.07) is 9.35. The van der Waals surface area contributed by atoms with Gasteiger partial charge in [0.1, 0.15) is 17.4 Å². The lowest BCUT2D eigenvalue weighted by Gasteiger charge is -2.17. The van der Waals surface area contributed by atoms with Gasteiger partial charge in [-0.3, -0.25) is 9.12 Å². The highest BCUT2D eigenvalue weighted by molar-refractivity contribution is 7.90. The number of fused-ring (bicyclic) bond motifs is 1. The van der Waals surface area contributed by atoms with Gasteiger partial charge >= 0.3 is 10.2 Å². The van der Waals surface area contributed by atoms with Gasteiger partial charge in [-0.05, 0) is 43.3 Å². The summed E-state index contributed by atoms with van der Waals surface area (Å²) in [4.78, 5) is 0. The maximum atomic E-state index is 14.3. The first-order valence-corrected chi connectivity index (χ1v) is 11.5. The highest BCUT2D eigenvalue weighted by atomic mass is 32.2. The maximum Gasteiger partial charge on any atom is 0.301 e. The van der Waals surface area contributed by atoms with E-state index in [-0.39, 0.29) is 17.2 Å². The van der Waals surface area contributed by atoms with Crippen LogP contribution in [0.1, 0.15) is 5.82 Å². The number of hydrogen-bond acceptors (Lipinski definition) is 6. The Kier molecular flexibility index (Phi) is 6.11. The fraction of sp³-hybridized carbons (Fsp3) is 0.182.